The Hall–Kier alpha value is -4.04. The van der Waals surface area contributed by atoms with Crippen LogP contribution in [0.5, 0.6) is 0 Å². The quantitative estimate of drug-likeness (QED) is 0.300. The first-order valence-corrected chi connectivity index (χ1v) is 11.0. The summed E-state index contributed by atoms with van der Waals surface area (Å²) in [6.45, 7) is 0. The molecule has 5 aromatic carbocycles. The van der Waals surface area contributed by atoms with Crippen molar-refractivity contribution < 1.29 is 0 Å². The molecule has 2 heteroatoms. The first-order valence-electron chi connectivity index (χ1n) is 11.0. The second-order valence-electron chi connectivity index (χ2n) is 8.37. The molecule has 0 aliphatic rings. The van der Waals surface area contributed by atoms with Crippen molar-refractivity contribution in [1.82, 2.24) is 4.57 Å². The van der Waals surface area contributed by atoms with Crippen molar-refractivity contribution in [2.75, 3.05) is 0 Å². The fourth-order valence-electron chi connectivity index (χ4n) is 4.69. The smallest absolute Gasteiger partial charge is 0.139 e. The van der Waals surface area contributed by atoms with Gasteiger partial charge < -0.3 is 4.57 Å². The summed E-state index contributed by atoms with van der Waals surface area (Å²) in [7, 11) is 2.16. The maximum Gasteiger partial charge on any atom is 0.139 e. The lowest BCUT2D eigenvalue weighted by Gasteiger charge is -2.14. The van der Waals surface area contributed by atoms with Crippen LogP contribution in [-0.4, -0.2) is 12.4 Å². The summed E-state index contributed by atoms with van der Waals surface area (Å²) >= 11 is 0. The van der Waals surface area contributed by atoms with Gasteiger partial charge in [0.25, 0.3) is 0 Å². The monoisotopic (exact) mass is 407 g/mol. The third-order valence-corrected chi connectivity index (χ3v) is 6.22. The second kappa shape index (κ2) is 7.58. The summed E-state index contributed by atoms with van der Waals surface area (Å²) in [5.74, 6) is 0. The van der Waals surface area contributed by atoms with Crippen molar-refractivity contribution in [3.8, 4) is 27.9 Å². The Labute approximate surface area is 189 Å². The van der Waals surface area contributed by atoms with Crippen LogP contribution in [0.4, 0.5) is 0 Å². The molecular formula is C30H22BN. The zero-order valence-electron chi connectivity index (χ0n) is 18.0. The van der Waals surface area contributed by atoms with Crippen LogP contribution < -0.4 is 5.46 Å². The molecule has 150 valence electrons. The van der Waals surface area contributed by atoms with Crippen LogP contribution in [0.25, 0.3) is 49.7 Å². The Kier molecular flexibility index (Phi) is 4.43. The van der Waals surface area contributed by atoms with E-state index in [1.807, 2.05) is 0 Å². The van der Waals surface area contributed by atoms with E-state index in [1.165, 1.54) is 55.2 Å². The average Bonchev–Trinajstić information content (AvgIpc) is 3.18. The number of para-hydroxylation sites is 1. The Balaban J connectivity index is 1.70. The van der Waals surface area contributed by atoms with Crippen LogP contribution in [0.2, 0.25) is 0 Å². The first kappa shape index (κ1) is 18.7. The number of aromatic nitrogens is 1. The van der Waals surface area contributed by atoms with E-state index in [-0.39, 0.29) is 0 Å². The van der Waals surface area contributed by atoms with Gasteiger partial charge in [0.2, 0.25) is 0 Å². The molecule has 0 spiro atoms. The highest BCUT2D eigenvalue weighted by Gasteiger charge is 2.14. The van der Waals surface area contributed by atoms with Gasteiger partial charge in [0.1, 0.15) is 7.85 Å². The largest absolute Gasteiger partial charge is 0.309 e. The van der Waals surface area contributed by atoms with E-state index in [1.54, 1.807) is 0 Å². The summed E-state index contributed by atoms with van der Waals surface area (Å²) in [4.78, 5) is 0. The molecule has 1 heterocycles. The topological polar surface area (TPSA) is 4.93 Å². The Morgan fingerprint density at radius 2 is 1.00 bits per heavy atom. The lowest BCUT2D eigenvalue weighted by molar-refractivity contribution is 1.18. The standard InChI is InChI=1S/C30H22BN/c31-25-15-16-28-27-13-7-8-14-29(27)32(30(28)20-25)26-18-23(21-9-3-1-4-10-21)17-24(19-26)22-11-5-2-6-12-22/h1-20H,31H2. The lowest BCUT2D eigenvalue weighted by atomic mass is 9.95. The predicted octanol–water partition coefficient (Wildman–Crippen LogP) is 6.38. The summed E-state index contributed by atoms with van der Waals surface area (Å²) in [5.41, 5.74) is 9.83. The van der Waals surface area contributed by atoms with Crippen LogP contribution in [0.15, 0.2) is 121 Å². The van der Waals surface area contributed by atoms with Gasteiger partial charge in [-0.25, -0.2) is 0 Å². The molecule has 0 saturated carbocycles. The molecule has 6 aromatic rings. The van der Waals surface area contributed by atoms with Gasteiger partial charge in [-0.2, -0.15) is 0 Å². The van der Waals surface area contributed by atoms with Gasteiger partial charge in [-0.3, -0.25) is 0 Å². The highest BCUT2D eigenvalue weighted by Crippen LogP contribution is 2.35. The number of hydrogen-bond acceptors (Lipinski definition) is 0. The fraction of sp³-hybridized carbons (Fsp3) is 0. The van der Waals surface area contributed by atoms with Crippen molar-refractivity contribution in [3.05, 3.63) is 121 Å². The van der Waals surface area contributed by atoms with Gasteiger partial charge in [0.05, 0.1) is 11.0 Å². The van der Waals surface area contributed by atoms with E-state index in [9.17, 15) is 0 Å². The van der Waals surface area contributed by atoms with E-state index in [2.05, 4.69) is 134 Å². The van der Waals surface area contributed by atoms with E-state index in [0.29, 0.717) is 0 Å². The highest BCUT2D eigenvalue weighted by atomic mass is 15.0. The fourth-order valence-corrected chi connectivity index (χ4v) is 4.69. The third-order valence-electron chi connectivity index (χ3n) is 6.22. The Morgan fingerprint density at radius 1 is 0.438 bits per heavy atom. The molecule has 6 rings (SSSR count). The lowest BCUT2D eigenvalue weighted by Crippen LogP contribution is -2.02. The number of rotatable bonds is 3. The first-order chi connectivity index (χ1) is 15.8. The van der Waals surface area contributed by atoms with Crippen LogP contribution in [0.1, 0.15) is 0 Å². The molecule has 32 heavy (non-hydrogen) atoms. The van der Waals surface area contributed by atoms with Gasteiger partial charge in [0, 0.05) is 16.5 Å². The minimum absolute atomic E-state index is 1.18. The van der Waals surface area contributed by atoms with Gasteiger partial charge in [0.15, 0.2) is 0 Å². The van der Waals surface area contributed by atoms with E-state index in [0.717, 1.165) is 0 Å². The highest BCUT2D eigenvalue weighted by molar-refractivity contribution is 6.33. The normalized spacial score (nSPS) is 11.2. The summed E-state index contributed by atoms with van der Waals surface area (Å²) in [5, 5.41) is 2.58. The van der Waals surface area contributed by atoms with Crippen molar-refractivity contribution in [2.24, 2.45) is 0 Å². The molecular weight excluding hydrogens is 385 g/mol. The third kappa shape index (κ3) is 3.12. The number of benzene rings is 5. The molecule has 0 amide bonds. The van der Waals surface area contributed by atoms with Crippen molar-refractivity contribution in [3.63, 3.8) is 0 Å². The maximum atomic E-state index is 2.41. The van der Waals surface area contributed by atoms with Crippen LogP contribution in [-0.2, 0) is 0 Å². The van der Waals surface area contributed by atoms with Gasteiger partial charge in [-0.05, 0) is 52.6 Å². The van der Waals surface area contributed by atoms with E-state index in [4.69, 9.17) is 0 Å². The van der Waals surface area contributed by atoms with Crippen molar-refractivity contribution in [1.29, 1.82) is 0 Å². The number of fused-ring (bicyclic) bond motifs is 3. The van der Waals surface area contributed by atoms with E-state index >= 15 is 0 Å². The van der Waals surface area contributed by atoms with Crippen molar-refractivity contribution in [2.45, 2.75) is 0 Å². The average molecular weight is 407 g/mol. The minimum Gasteiger partial charge on any atom is -0.309 e. The van der Waals surface area contributed by atoms with Gasteiger partial charge >= 0.3 is 0 Å². The molecule has 0 fully saturated rings. The molecule has 0 bridgehead atoms. The molecule has 0 saturated heterocycles. The summed E-state index contributed by atoms with van der Waals surface area (Å²) < 4.78 is 2.41. The zero-order valence-corrected chi connectivity index (χ0v) is 18.0. The summed E-state index contributed by atoms with van der Waals surface area (Å²) in [6.07, 6.45) is 0. The molecule has 0 unspecified atom stereocenters. The Bertz CT molecular complexity index is 1510. The van der Waals surface area contributed by atoms with Crippen LogP contribution >= 0.6 is 0 Å². The molecule has 0 aliphatic carbocycles. The molecule has 1 aromatic heterocycles. The number of hydrogen-bond donors (Lipinski definition) is 0. The minimum atomic E-state index is 1.18. The van der Waals surface area contributed by atoms with Crippen molar-refractivity contribution >= 4 is 35.1 Å². The number of nitrogens with zero attached hydrogens (tertiary/aromatic N) is 1. The molecule has 0 aliphatic heterocycles. The second-order valence-corrected chi connectivity index (χ2v) is 8.37. The predicted molar refractivity (Wildman–Crippen MR) is 140 cm³/mol. The molecule has 0 atom stereocenters. The Morgan fingerprint density at radius 3 is 1.66 bits per heavy atom. The van der Waals surface area contributed by atoms with Crippen LogP contribution in [0, 0.1) is 0 Å². The van der Waals surface area contributed by atoms with E-state index < -0.39 is 0 Å². The summed E-state index contributed by atoms with van der Waals surface area (Å²) in [6, 6.07) is 43.7. The molecule has 0 radical (unpaired) electrons. The zero-order chi connectivity index (χ0) is 21.5. The molecule has 1 nitrogen and oxygen atoms in total. The molecule has 0 N–H and O–H groups in total. The van der Waals surface area contributed by atoms with Gasteiger partial charge in [-0.15, -0.1) is 0 Å². The van der Waals surface area contributed by atoms with Crippen LogP contribution in [0.3, 0.4) is 0 Å². The maximum absolute atomic E-state index is 2.41. The SMILES string of the molecule is Bc1ccc2c3ccccc3n(-c3cc(-c4ccccc4)cc(-c4ccccc4)c3)c2c1. The van der Waals surface area contributed by atoms with Gasteiger partial charge in [-0.1, -0.05) is 96.5 Å².